The Hall–Kier alpha value is -1.57. The number of anilines is 1. The molecular formula is C14H20N2. The SMILES string of the molecule is C=C(C)CCC(=NC)c1ccc(C)c(N)c1. The van der Waals surface area contributed by atoms with Crippen LogP contribution < -0.4 is 5.73 Å². The van der Waals surface area contributed by atoms with Gasteiger partial charge >= 0.3 is 0 Å². The number of benzene rings is 1. The number of aliphatic imine (C=N–C) groups is 1. The molecule has 0 spiro atoms. The van der Waals surface area contributed by atoms with E-state index >= 15 is 0 Å². The van der Waals surface area contributed by atoms with E-state index in [4.69, 9.17) is 5.73 Å². The van der Waals surface area contributed by atoms with Crippen molar-refractivity contribution in [1.82, 2.24) is 0 Å². The second-order valence-corrected chi connectivity index (χ2v) is 4.20. The van der Waals surface area contributed by atoms with Crippen molar-refractivity contribution in [3.05, 3.63) is 41.5 Å². The fourth-order valence-corrected chi connectivity index (χ4v) is 1.54. The predicted octanol–water partition coefficient (Wildman–Crippen LogP) is 3.35. The second kappa shape index (κ2) is 5.50. The Morgan fingerprint density at radius 3 is 2.56 bits per heavy atom. The molecule has 0 saturated heterocycles. The van der Waals surface area contributed by atoms with Gasteiger partial charge in [0.1, 0.15) is 0 Å². The van der Waals surface area contributed by atoms with E-state index in [1.54, 1.807) is 0 Å². The molecule has 0 saturated carbocycles. The first-order valence-electron chi connectivity index (χ1n) is 5.51. The van der Waals surface area contributed by atoms with Gasteiger partial charge in [-0.15, -0.1) is 6.58 Å². The maximum absolute atomic E-state index is 5.90. The van der Waals surface area contributed by atoms with E-state index in [9.17, 15) is 0 Å². The lowest BCUT2D eigenvalue weighted by Gasteiger charge is -2.08. The lowest BCUT2D eigenvalue weighted by molar-refractivity contribution is 1.01. The van der Waals surface area contributed by atoms with Gasteiger partial charge in [-0.2, -0.15) is 0 Å². The van der Waals surface area contributed by atoms with Gasteiger partial charge in [-0.05, 0) is 43.9 Å². The zero-order chi connectivity index (χ0) is 12.1. The van der Waals surface area contributed by atoms with Crippen LogP contribution in [0.4, 0.5) is 5.69 Å². The van der Waals surface area contributed by atoms with Crippen LogP contribution in [0.25, 0.3) is 0 Å². The van der Waals surface area contributed by atoms with E-state index in [2.05, 4.69) is 17.6 Å². The third kappa shape index (κ3) is 3.23. The number of nitrogens with zero attached hydrogens (tertiary/aromatic N) is 1. The largest absolute Gasteiger partial charge is 0.398 e. The normalized spacial score (nSPS) is 11.6. The average molecular weight is 216 g/mol. The van der Waals surface area contributed by atoms with E-state index in [-0.39, 0.29) is 0 Å². The highest BCUT2D eigenvalue weighted by Gasteiger charge is 2.04. The molecule has 0 unspecified atom stereocenters. The van der Waals surface area contributed by atoms with Gasteiger partial charge < -0.3 is 5.73 Å². The molecule has 0 amide bonds. The van der Waals surface area contributed by atoms with E-state index < -0.39 is 0 Å². The minimum atomic E-state index is 0.828. The van der Waals surface area contributed by atoms with Crippen LogP contribution in [0.5, 0.6) is 0 Å². The van der Waals surface area contributed by atoms with Gasteiger partial charge in [0.05, 0.1) is 0 Å². The quantitative estimate of drug-likeness (QED) is 0.468. The van der Waals surface area contributed by atoms with Crippen molar-refractivity contribution in [2.24, 2.45) is 4.99 Å². The number of aryl methyl sites for hydroxylation is 1. The summed E-state index contributed by atoms with van der Waals surface area (Å²) in [6.45, 7) is 7.96. The lowest BCUT2D eigenvalue weighted by atomic mass is 10.0. The molecule has 0 aliphatic carbocycles. The predicted molar refractivity (Wildman–Crippen MR) is 72.1 cm³/mol. The summed E-state index contributed by atoms with van der Waals surface area (Å²) < 4.78 is 0. The highest BCUT2D eigenvalue weighted by atomic mass is 14.7. The van der Waals surface area contributed by atoms with Crippen molar-refractivity contribution in [2.75, 3.05) is 12.8 Å². The molecular weight excluding hydrogens is 196 g/mol. The first kappa shape index (κ1) is 12.5. The van der Waals surface area contributed by atoms with Crippen LogP contribution in [0.15, 0.2) is 35.3 Å². The Labute approximate surface area is 97.9 Å². The van der Waals surface area contributed by atoms with Crippen molar-refractivity contribution in [2.45, 2.75) is 26.7 Å². The van der Waals surface area contributed by atoms with Crippen molar-refractivity contribution >= 4 is 11.4 Å². The fraction of sp³-hybridized carbons (Fsp3) is 0.357. The highest BCUT2D eigenvalue weighted by Crippen LogP contribution is 2.16. The van der Waals surface area contributed by atoms with E-state index in [1.807, 2.05) is 33.0 Å². The maximum atomic E-state index is 5.90. The van der Waals surface area contributed by atoms with Gasteiger partial charge in [-0.25, -0.2) is 0 Å². The molecule has 0 bridgehead atoms. The molecule has 2 nitrogen and oxygen atoms in total. The summed E-state index contributed by atoms with van der Waals surface area (Å²) in [6, 6.07) is 6.11. The summed E-state index contributed by atoms with van der Waals surface area (Å²) in [5.41, 5.74) is 11.2. The molecule has 2 heteroatoms. The number of nitrogen functional groups attached to an aromatic ring is 1. The number of nitrogens with two attached hydrogens (primary N) is 1. The Morgan fingerprint density at radius 1 is 1.38 bits per heavy atom. The molecule has 0 atom stereocenters. The topological polar surface area (TPSA) is 38.4 Å². The van der Waals surface area contributed by atoms with Crippen LogP contribution in [-0.4, -0.2) is 12.8 Å². The van der Waals surface area contributed by atoms with Crippen molar-refractivity contribution in [3.63, 3.8) is 0 Å². The minimum Gasteiger partial charge on any atom is -0.398 e. The molecule has 2 N–H and O–H groups in total. The molecule has 0 aliphatic heterocycles. The molecule has 0 fully saturated rings. The third-order valence-electron chi connectivity index (χ3n) is 2.67. The van der Waals surface area contributed by atoms with Gasteiger partial charge in [-0.3, -0.25) is 4.99 Å². The monoisotopic (exact) mass is 216 g/mol. The average Bonchev–Trinajstić information content (AvgIpc) is 2.23. The Balaban J connectivity index is 2.88. The maximum Gasteiger partial charge on any atom is 0.0421 e. The first-order chi connectivity index (χ1) is 7.54. The fourth-order valence-electron chi connectivity index (χ4n) is 1.54. The van der Waals surface area contributed by atoms with Crippen molar-refractivity contribution < 1.29 is 0 Å². The molecule has 1 rings (SSSR count). The molecule has 16 heavy (non-hydrogen) atoms. The van der Waals surface area contributed by atoms with E-state index in [0.29, 0.717) is 0 Å². The standard InChI is InChI=1S/C14H20N2/c1-10(2)5-8-14(16-4)12-7-6-11(3)13(15)9-12/h6-7,9H,1,5,8,15H2,2-4H3. The van der Waals surface area contributed by atoms with Gasteiger partial charge in [0, 0.05) is 18.4 Å². The van der Waals surface area contributed by atoms with E-state index in [0.717, 1.165) is 35.4 Å². The molecule has 0 radical (unpaired) electrons. The lowest BCUT2D eigenvalue weighted by Crippen LogP contribution is -2.03. The van der Waals surface area contributed by atoms with Crippen LogP contribution in [0.3, 0.4) is 0 Å². The summed E-state index contributed by atoms with van der Waals surface area (Å²) in [7, 11) is 1.82. The van der Waals surface area contributed by atoms with Crippen LogP contribution in [-0.2, 0) is 0 Å². The van der Waals surface area contributed by atoms with Gasteiger partial charge in [0.15, 0.2) is 0 Å². The van der Waals surface area contributed by atoms with Gasteiger partial charge in [0.2, 0.25) is 0 Å². The summed E-state index contributed by atoms with van der Waals surface area (Å²) >= 11 is 0. The highest BCUT2D eigenvalue weighted by molar-refractivity contribution is 6.01. The molecule has 0 heterocycles. The zero-order valence-corrected chi connectivity index (χ0v) is 10.4. The second-order valence-electron chi connectivity index (χ2n) is 4.20. The number of hydrogen-bond acceptors (Lipinski definition) is 2. The van der Waals surface area contributed by atoms with Crippen LogP contribution in [0.2, 0.25) is 0 Å². The molecule has 1 aromatic rings. The number of rotatable bonds is 4. The van der Waals surface area contributed by atoms with Crippen LogP contribution >= 0.6 is 0 Å². The molecule has 86 valence electrons. The summed E-state index contributed by atoms with van der Waals surface area (Å²) in [6.07, 6.45) is 1.90. The minimum absolute atomic E-state index is 0.828. The Kier molecular flexibility index (Phi) is 4.29. The number of allylic oxidation sites excluding steroid dienone is 1. The summed E-state index contributed by atoms with van der Waals surface area (Å²) in [4.78, 5) is 4.32. The molecule has 1 aromatic carbocycles. The number of hydrogen-bond donors (Lipinski definition) is 1. The van der Waals surface area contributed by atoms with Crippen molar-refractivity contribution in [3.8, 4) is 0 Å². The Morgan fingerprint density at radius 2 is 2.06 bits per heavy atom. The zero-order valence-electron chi connectivity index (χ0n) is 10.4. The van der Waals surface area contributed by atoms with Gasteiger partial charge in [-0.1, -0.05) is 17.7 Å². The molecule has 0 aromatic heterocycles. The van der Waals surface area contributed by atoms with Gasteiger partial charge in [0.25, 0.3) is 0 Å². The Bertz CT molecular complexity index is 417. The first-order valence-corrected chi connectivity index (χ1v) is 5.51. The smallest absolute Gasteiger partial charge is 0.0421 e. The summed E-state index contributed by atoms with van der Waals surface area (Å²) in [5, 5.41) is 0. The van der Waals surface area contributed by atoms with Crippen LogP contribution in [0, 0.1) is 6.92 Å². The summed E-state index contributed by atoms with van der Waals surface area (Å²) in [5.74, 6) is 0. The molecule has 0 aliphatic rings. The third-order valence-corrected chi connectivity index (χ3v) is 2.67. The van der Waals surface area contributed by atoms with Crippen molar-refractivity contribution in [1.29, 1.82) is 0 Å². The van der Waals surface area contributed by atoms with E-state index in [1.165, 1.54) is 5.57 Å². The van der Waals surface area contributed by atoms with Crippen LogP contribution in [0.1, 0.15) is 30.9 Å².